The highest BCUT2D eigenvalue weighted by Gasteiger charge is 2.23. The van der Waals surface area contributed by atoms with Gasteiger partial charge in [0, 0.05) is 21.9 Å². The second-order valence-electron chi connectivity index (χ2n) is 9.75. The number of aliphatic hydroxyl groups is 1. The van der Waals surface area contributed by atoms with Gasteiger partial charge in [0.05, 0.1) is 37.7 Å². The van der Waals surface area contributed by atoms with Crippen LogP contribution in [0.1, 0.15) is 15.9 Å². The number of hydrogen-bond acceptors (Lipinski definition) is 9. The summed E-state index contributed by atoms with van der Waals surface area (Å²) >= 11 is 0. The van der Waals surface area contributed by atoms with E-state index < -0.39 is 17.4 Å². The number of aliphatic hydroxyl groups excluding tert-OH is 1. The van der Waals surface area contributed by atoms with Crippen molar-refractivity contribution in [3.8, 4) is 17.2 Å². The van der Waals surface area contributed by atoms with Gasteiger partial charge in [0.2, 0.25) is 0 Å². The van der Waals surface area contributed by atoms with Crippen molar-refractivity contribution < 1.29 is 39.4 Å². The first-order valence-electron chi connectivity index (χ1n) is 13.7. The Kier molecular flexibility index (Phi) is 9.72. The second-order valence-corrected chi connectivity index (χ2v) is 9.75. The minimum Gasteiger partial charge on any atom is -0.493 e. The summed E-state index contributed by atoms with van der Waals surface area (Å²) in [5.41, 5.74) is 2.60. The standard InChI is InChI=1S/C32H33N3O8/c1-40-28-14-6-7-15-29(28)41-18-17-34(32(37)24-10-3-2-9-22(24)20-43-35(38)39)19-23(36)21-42-30-16-8-13-27-31(30)25-11-4-5-12-26(25)33-27/h2-16,23,33,36,38-39H,17-21H2,1H3. The van der Waals surface area contributed by atoms with Gasteiger partial charge in [-0.3, -0.25) is 15.2 Å². The highest BCUT2D eigenvalue weighted by atomic mass is 17.1. The molecule has 0 spiro atoms. The minimum absolute atomic E-state index is 0.0563. The summed E-state index contributed by atoms with van der Waals surface area (Å²) in [7, 11) is 1.55. The Morgan fingerprint density at radius 3 is 2.35 bits per heavy atom. The molecule has 1 heterocycles. The van der Waals surface area contributed by atoms with Gasteiger partial charge in [-0.15, -0.1) is 0 Å². The zero-order valence-corrected chi connectivity index (χ0v) is 23.6. The average molecular weight is 588 g/mol. The van der Waals surface area contributed by atoms with E-state index in [9.17, 15) is 9.90 Å². The van der Waals surface area contributed by atoms with Crippen LogP contribution in [0.4, 0.5) is 0 Å². The number of aromatic amines is 1. The van der Waals surface area contributed by atoms with E-state index in [1.54, 1.807) is 43.5 Å². The second kappa shape index (κ2) is 14.0. The predicted molar refractivity (Wildman–Crippen MR) is 158 cm³/mol. The van der Waals surface area contributed by atoms with Crippen molar-refractivity contribution in [2.24, 2.45) is 0 Å². The van der Waals surface area contributed by atoms with Crippen molar-refractivity contribution in [1.82, 2.24) is 15.3 Å². The number of carbonyl (C=O) groups is 1. The summed E-state index contributed by atoms with van der Waals surface area (Å²) in [4.78, 5) is 23.4. The topological polar surface area (TPSA) is 137 Å². The number of benzene rings is 4. The van der Waals surface area contributed by atoms with E-state index in [2.05, 4.69) is 4.98 Å². The molecule has 0 fully saturated rings. The number of aromatic nitrogens is 1. The molecule has 1 aromatic heterocycles. The smallest absolute Gasteiger partial charge is 0.254 e. The summed E-state index contributed by atoms with van der Waals surface area (Å²) in [5, 5.41) is 30.6. The molecule has 1 atom stereocenters. The fraction of sp³-hybridized carbons (Fsp3) is 0.219. The summed E-state index contributed by atoms with van der Waals surface area (Å²) < 4.78 is 17.4. The first-order chi connectivity index (χ1) is 20.9. The number of para-hydroxylation sites is 3. The highest BCUT2D eigenvalue weighted by molar-refractivity contribution is 6.10. The molecule has 1 amide bonds. The van der Waals surface area contributed by atoms with E-state index in [0.717, 1.165) is 21.8 Å². The molecule has 4 aromatic carbocycles. The maximum atomic E-state index is 13.8. The fourth-order valence-electron chi connectivity index (χ4n) is 4.91. The van der Waals surface area contributed by atoms with E-state index in [1.165, 1.54) is 4.90 Å². The SMILES string of the molecule is COc1ccccc1OCCN(CC(O)COc1cccc2[nH]c3ccccc3c12)C(=O)c1ccccc1CON(O)O. The van der Waals surface area contributed by atoms with Crippen LogP contribution >= 0.6 is 0 Å². The number of amides is 1. The quantitative estimate of drug-likeness (QED) is 0.135. The lowest BCUT2D eigenvalue weighted by Gasteiger charge is -2.26. The third kappa shape index (κ3) is 7.23. The van der Waals surface area contributed by atoms with Crippen LogP contribution in [-0.4, -0.2) is 76.2 Å². The average Bonchev–Trinajstić information content (AvgIpc) is 3.41. The van der Waals surface area contributed by atoms with Crippen molar-refractivity contribution >= 4 is 27.7 Å². The molecule has 11 nitrogen and oxygen atoms in total. The lowest BCUT2D eigenvalue weighted by atomic mass is 10.1. The van der Waals surface area contributed by atoms with Crippen molar-refractivity contribution in [3.05, 3.63) is 102 Å². The summed E-state index contributed by atoms with van der Waals surface area (Å²) in [6.07, 6.45) is -1.04. The molecule has 0 aliphatic carbocycles. The molecule has 5 aromatic rings. The normalized spacial score (nSPS) is 12.0. The van der Waals surface area contributed by atoms with Crippen molar-refractivity contribution in [3.63, 3.8) is 0 Å². The molecule has 0 saturated heterocycles. The summed E-state index contributed by atoms with van der Waals surface area (Å²) in [6.45, 7) is -0.133. The van der Waals surface area contributed by atoms with E-state index in [0.29, 0.717) is 22.8 Å². The largest absolute Gasteiger partial charge is 0.493 e. The van der Waals surface area contributed by atoms with E-state index in [-0.39, 0.29) is 38.5 Å². The maximum Gasteiger partial charge on any atom is 0.254 e. The van der Waals surface area contributed by atoms with Gasteiger partial charge in [-0.05, 0) is 42.0 Å². The number of H-pyrrole nitrogens is 1. The number of methoxy groups -OCH3 is 1. The lowest BCUT2D eigenvalue weighted by Crippen LogP contribution is -2.42. The number of fused-ring (bicyclic) bond motifs is 3. The van der Waals surface area contributed by atoms with Crippen LogP contribution in [0.5, 0.6) is 17.2 Å². The molecule has 5 rings (SSSR count). The monoisotopic (exact) mass is 587 g/mol. The number of hydrogen-bond donors (Lipinski definition) is 4. The number of nitrogens with one attached hydrogen (secondary N) is 1. The highest BCUT2D eigenvalue weighted by Crippen LogP contribution is 2.33. The number of rotatable bonds is 14. The number of carbonyl (C=O) groups excluding carboxylic acids is 1. The van der Waals surface area contributed by atoms with Gasteiger partial charge in [-0.2, -0.15) is 0 Å². The van der Waals surface area contributed by atoms with Crippen LogP contribution in [0.25, 0.3) is 21.8 Å². The first-order valence-corrected chi connectivity index (χ1v) is 13.7. The summed E-state index contributed by atoms with van der Waals surface area (Å²) in [6, 6.07) is 27.4. The van der Waals surface area contributed by atoms with Gasteiger partial charge in [-0.25, -0.2) is 4.84 Å². The van der Waals surface area contributed by atoms with Gasteiger partial charge >= 0.3 is 0 Å². The third-order valence-electron chi connectivity index (χ3n) is 6.91. The Labute approximate surface area is 247 Å². The molecule has 0 aliphatic heterocycles. The molecule has 11 heteroatoms. The van der Waals surface area contributed by atoms with Crippen LogP contribution in [0.2, 0.25) is 0 Å². The number of ether oxygens (including phenoxy) is 3. The van der Waals surface area contributed by atoms with Crippen LogP contribution < -0.4 is 14.2 Å². The van der Waals surface area contributed by atoms with Crippen LogP contribution in [-0.2, 0) is 11.4 Å². The summed E-state index contributed by atoms with van der Waals surface area (Å²) in [5.74, 6) is 1.29. The van der Waals surface area contributed by atoms with Gasteiger partial charge < -0.3 is 29.2 Å². The molecule has 0 radical (unpaired) electrons. The molecule has 4 N–H and O–H groups in total. The Hall–Kier alpha value is -4.65. The Morgan fingerprint density at radius 1 is 0.837 bits per heavy atom. The van der Waals surface area contributed by atoms with Gasteiger partial charge in [0.1, 0.15) is 25.1 Å². The zero-order chi connectivity index (χ0) is 30.2. The van der Waals surface area contributed by atoms with Crippen LogP contribution in [0.15, 0.2) is 91.0 Å². The van der Waals surface area contributed by atoms with Crippen molar-refractivity contribution in [2.45, 2.75) is 12.7 Å². The van der Waals surface area contributed by atoms with Crippen LogP contribution in [0, 0.1) is 0 Å². The Balaban J connectivity index is 1.32. The molecule has 0 bridgehead atoms. The first kappa shape index (κ1) is 29.8. The number of nitrogens with zero attached hydrogens (tertiary/aromatic N) is 2. The van der Waals surface area contributed by atoms with Gasteiger partial charge in [-0.1, -0.05) is 54.6 Å². The Morgan fingerprint density at radius 2 is 1.53 bits per heavy atom. The molecule has 43 heavy (non-hydrogen) atoms. The van der Waals surface area contributed by atoms with Gasteiger partial charge in [0.15, 0.2) is 11.5 Å². The molecular formula is C32H33N3O8. The van der Waals surface area contributed by atoms with Crippen molar-refractivity contribution in [2.75, 3.05) is 33.4 Å². The zero-order valence-electron chi connectivity index (χ0n) is 23.6. The maximum absolute atomic E-state index is 13.8. The van der Waals surface area contributed by atoms with Gasteiger partial charge in [0.25, 0.3) is 5.91 Å². The third-order valence-corrected chi connectivity index (χ3v) is 6.91. The van der Waals surface area contributed by atoms with E-state index in [4.69, 9.17) is 29.5 Å². The lowest BCUT2D eigenvalue weighted by molar-refractivity contribution is -0.497. The minimum atomic E-state index is -1.04. The fourth-order valence-corrected chi connectivity index (χ4v) is 4.91. The van der Waals surface area contributed by atoms with Crippen LogP contribution in [0.3, 0.4) is 0 Å². The molecule has 224 valence electrons. The van der Waals surface area contributed by atoms with Crippen molar-refractivity contribution in [1.29, 1.82) is 0 Å². The molecule has 0 saturated carbocycles. The van der Waals surface area contributed by atoms with E-state index in [1.807, 2.05) is 54.6 Å². The molecule has 0 aliphatic rings. The predicted octanol–water partition coefficient (Wildman–Crippen LogP) is 4.80. The molecule has 1 unspecified atom stereocenters. The van der Waals surface area contributed by atoms with E-state index >= 15 is 0 Å². The Bertz CT molecular complexity index is 1670. The molecular weight excluding hydrogens is 554 g/mol.